The van der Waals surface area contributed by atoms with Gasteiger partial charge >= 0.3 is 0 Å². The smallest absolute Gasteiger partial charge is 0.238 e. The van der Waals surface area contributed by atoms with Gasteiger partial charge in [0.25, 0.3) is 0 Å². The molecule has 2 aliphatic rings. The fourth-order valence-electron chi connectivity index (χ4n) is 3.94. The van der Waals surface area contributed by atoms with Crippen LogP contribution in [0.4, 0.5) is 0 Å². The third kappa shape index (κ3) is 3.04. The Kier molecular flexibility index (Phi) is 4.54. The van der Waals surface area contributed by atoms with Crippen LogP contribution in [0, 0.1) is 5.92 Å². The van der Waals surface area contributed by atoms with E-state index in [1.807, 2.05) is 35.0 Å². The number of likely N-dealkylation sites (N-methyl/N-ethyl adjacent to an activating group) is 1. The molecule has 2 aliphatic heterocycles. The summed E-state index contributed by atoms with van der Waals surface area (Å²) < 4.78 is 7.18. The van der Waals surface area contributed by atoms with Crippen molar-refractivity contribution < 1.29 is 14.3 Å². The lowest BCUT2D eigenvalue weighted by molar-refractivity contribution is -0.128. The van der Waals surface area contributed by atoms with Crippen molar-refractivity contribution in [3.05, 3.63) is 42.5 Å². The quantitative estimate of drug-likeness (QED) is 0.586. The number of rotatable bonds is 4. The Morgan fingerprint density at radius 2 is 2.07 bits per heavy atom. The van der Waals surface area contributed by atoms with Crippen molar-refractivity contribution in [3.8, 4) is 11.4 Å². The Bertz CT molecular complexity index is 849. The lowest BCUT2D eigenvalue weighted by Crippen LogP contribution is -2.54. The van der Waals surface area contributed by atoms with Crippen molar-refractivity contribution in [1.82, 2.24) is 31.0 Å². The highest BCUT2D eigenvalue weighted by molar-refractivity contribution is 5.84. The van der Waals surface area contributed by atoms with E-state index in [-0.39, 0.29) is 36.2 Å². The molecule has 0 saturated carbocycles. The number of amides is 2. The molecule has 2 aromatic rings. The van der Waals surface area contributed by atoms with Crippen molar-refractivity contribution in [2.45, 2.75) is 24.5 Å². The number of piperidine rings is 1. The van der Waals surface area contributed by atoms with Crippen LogP contribution in [-0.4, -0.2) is 47.7 Å². The highest BCUT2D eigenvalue weighted by Gasteiger charge is 2.50. The van der Waals surface area contributed by atoms with Crippen LogP contribution >= 0.6 is 0 Å². The topological polar surface area (TPSA) is 109 Å². The first kappa shape index (κ1) is 17.5. The van der Waals surface area contributed by atoms with Gasteiger partial charge in [-0.05, 0) is 24.3 Å². The van der Waals surface area contributed by atoms with Crippen LogP contribution < -0.4 is 26.2 Å². The van der Waals surface area contributed by atoms with Crippen molar-refractivity contribution >= 4 is 11.8 Å². The van der Waals surface area contributed by atoms with Gasteiger partial charge < -0.3 is 19.9 Å². The molecule has 2 saturated heterocycles. The number of benzene rings is 1. The molecule has 0 bridgehead atoms. The van der Waals surface area contributed by atoms with Crippen LogP contribution in [0.5, 0.6) is 5.75 Å². The van der Waals surface area contributed by atoms with Gasteiger partial charge in [0.05, 0.1) is 13.3 Å². The molecular weight excluding hydrogens is 348 g/mol. The minimum Gasteiger partial charge on any atom is -0.497 e. The molecule has 1 aromatic heterocycles. The van der Waals surface area contributed by atoms with E-state index < -0.39 is 6.04 Å². The second kappa shape index (κ2) is 7.01. The number of nitrogens with one attached hydrogen (secondary N) is 4. The van der Waals surface area contributed by atoms with Crippen molar-refractivity contribution in [3.63, 3.8) is 0 Å². The summed E-state index contributed by atoms with van der Waals surface area (Å²) in [4.78, 5) is 29.1. The zero-order valence-electron chi connectivity index (χ0n) is 15.1. The molecule has 3 heterocycles. The second-order valence-electron chi connectivity index (χ2n) is 6.67. The number of hydrazine groups is 1. The number of hydrogen-bond donors (Lipinski definition) is 4. The molecule has 4 unspecified atom stereocenters. The molecule has 2 amide bonds. The van der Waals surface area contributed by atoms with Gasteiger partial charge in [0.1, 0.15) is 17.6 Å². The van der Waals surface area contributed by atoms with Gasteiger partial charge in [-0.25, -0.2) is 15.8 Å². The van der Waals surface area contributed by atoms with Crippen LogP contribution in [0.1, 0.15) is 18.2 Å². The van der Waals surface area contributed by atoms with Gasteiger partial charge in [0.15, 0.2) is 0 Å². The third-order valence-corrected chi connectivity index (χ3v) is 5.23. The highest BCUT2D eigenvalue weighted by atomic mass is 16.5. The molecule has 9 nitrogen and oxygen atoms in total. The van der Waals surface area contributed by atoms with E-state index in [1.54, 1.807) is 20.4 Å². The Morgan fingerprint density at radius 3 is 2.78 bits per heavy atom. The fraction of sp³-hybridized carbons (Fsp3) is 0.389. The van der Waals surface area contributed by atoms with Gasteiger partial charge in [0.2, 0.25) is 11.8 Å². The molecule has 0 spiro atoms. The number of carbonyl (C=O) groups is 2. The average Bonchev–Trinajstić information content (AvgIpc) is 3.34. The lowest BCUT2D eigenvalue weighted by atomic mass is 9.79. The molecule has 1 aromatic carbocycles. The SMILES string of the molecule is CNC(=O)C1NNC2NC(=O)CC(c3nccn3-c3ccc(OC)cc3)C21. The van der Waals surface area contributed by atoms with Crippen LogP contribution in [-0.2, 0) is 9.59 Å². The molecule has 4 N–H and O–H groups in total. The molecule has 0 aliphatic carbocycles. The van der Waals surface area contributed by atoms with Gasteiger partial charge in [-0.3, -0.25) is 9.59 Å². The molecule has 4 atom stereocenters. The maximum Gasteiger partial charge on any atom is 0.238 e. The molecular formula is C18H22N6O3. The standard InChI is InChI=1S/C18H22N6O3/c1-19-18(26)15-14-12(9-13(25)21-16(14)23-22-15)17-20-7-8-24(17)10-3-5-11(27-2)6-4-10/h3-8,12,14-16,22-23H,9H2,1-2H3,(H,19,26)(H,21,25). The Balaban J connectivity index is 1.71. The average molecular weight is 370 g/mol. The summed E-state index contributed by atoms with van der Waals surface area (Å²) in [6.45, 7) is 0. The second-order valence-corrected chi connectivity index (χ2v) is 6.67. The van der Waals surface area contributed by atoms with E-state index in [1.165, 1.54) is 0 Å². The molecule has 142 valence electrons. The minimum absolute atomic E-state index is 0.0719. The fourth-order valence-corrected chi connectivity index (χ4v) is 3.94. The maximum absolute atomic E-state index is 12.3. The highest BCUT2D eigenvalue weighted by Crippen LogP contribution is 2.37. The van der Waals surface area contributed by atoms with E-state index in [0.717, 1.165) is 17.3 Å². The number of hydrogen-bond acceptors (Lipinski definition) is 6. The first-order chi connectivity index (χ1) is 13.1. The Hall–Kier alpha value is -2.91. The lowest BCUT2D eigenvalue weighted by Gasteiger charge is -2.34. The number of ether oxygens (including phenoxy) is 1. The largest absolute Gasteiger partial charge is 0.497 e. The van der Waals surface area contributed by atoms with Gasteiger partial charge in [-0.1, -0.05) is 0 Å². The minimum atomic E-state index is -0.466. The number of aromatic nitrogens is 2. The van der Waals surface area contributed by atoms with Crippen molar-refractivity contribution in [2.24, 2.45) is 5.92 Å². The summed E-state index contributed by atoms with van der Waals surface area (Å²) in [6.07, 6.45) is 3.51. The Morgan fingerprint density at radius 1 is 1.30 bits per heavy atom. The molecule has 0 radical (unpaired) electrons. The normalized spacial score (nSPS) is 27.0. The zero-order valence-corrected chi connectivity index (χ0v) is 15.1. The van der Waals surface area contributed by atoms with Crippen LogP contribution in [0.3, 0.4) is 0 Å². The maximum atomic E-state index is 12.3. The number of carbonyl (C=O) groups excluding carboxylic acids is 2. The summed E-state index contributed by atoms with van der Waals surface area (Å²) in [7, 11) is 3.23. The number of nitrogens with zero attached hydrogens (tertiary/aromatic N) is 2. The number of imidazole rings is 1. The summed E-state index contributed by atoms with van der Waals surface area (Å²) in [5.74, 6) is 0.939. The molecule has 27 heavy (non-hydrogen) atoms. The van der Waals surface area contributed by atoms with E-state index in [2.05, 4.69) is 26.5 Å². The van der Waals surface area contributed by atoms with Gasteiger partial charge in [0, 0.05) is 43.4 Å². The Labute approximate surface area is 156 Å². The van der Waals surface area contributed by atoms with Crippen LogP contribution in [0.2, 0.25) is 0 Å². The van der Waals surface area contributed by atoms with Crippen LogP contribution in [0.25, 0.3) is 5.69 Å². The van der Waals surface area contributed by atoms with E-state index >= 15 is 0 Å². The summed E-state index contributed by atoms with van der Waals surface area (Å²) in [6, 6.07) is 7.16. The van der Waals surface area contributed by atoms with Gasteiger partial charge in [-0.2, -0.15) is 0 Å². The summed E-state index contributed by atoms with van der Waals surface area (Å²) in [5.41, 5.74) is 6.95. The van der Waals surface area contributed by atoms with E-state index in [9.17, 15) is 9.59 Å². The van der Waals surface area contributed by atoms with E-state index in [4.69, 9.17) is 4.74 Å². The predicted molar refractivity (Wildman–Crippen MR) is 97.0 cm³/mol. The van der Waals surface area contributed by atoms with Crippen molar-refractivity contribution in [2.75, 3.05) is 14.2 Å². The molecule has 4 rings (SSSR count). The first-order valence-corrected chi connectivity index (χ1v) is 8.82. The summed E-state index contributed by atoms with van der Waals surface area (Å²) in [5, 5.41) is 5.59. The number of fused-ring (bicyclic) bond motifs is 1. The molecule has 9 heteroatoms. The first-order valence-electron chi connectivity index (χ1n) is 8.82. The number of methoxy groups -OCH3 is 1. The predicted octanol–water partition coefficient (Wildman–Crippen LogP) is -0.351. The third-order valence-electron chi connectivity index (χ3n) is 5.23. The summed E-state index contributed by atoms with van der Waals surface area (Å²) >= 11 is 0. The zero-order chi connectivity index (χ0) is 19.0. The molecule has 2 fully saturated rings. The van der Waals surface area contributed by atoms with E-state index in [0.29, 0.717) is 0 Å². The monoisotopic (exact) mass is 370 g/mol. The van der Waals surface area contributed by atoms with Gasteiger partial charge in [-0.15, -0.1) is 0 Å². The van der Waals surface area contributed by atoms with Crippen LogP contribution in [0.15, 0.2) is 36.7 Å². The van der Waals surface area contributed by atoms with Crippen molar-refractivity contribution in [1.29, 1.82) is 0 Å².